The van der Waals surface area contributed by atoms with Gasteiger partial charge in [0.05, 0.1) is 13.2 Å². The van der Waals surface area contributed by atoms with Crippen LogP contribution in [-0.4, -0.2) is 48.8 Å². The summed E-state index contributed by atoms with van der Waals surface area (Å²) in [6, 6.07) is 15.1. The van der Waals surface area contributed by atoms with Gasteiger partial charge in [0.2, 0.25) is 11.8 Å². The van der Waals surface area contributed by atoms with Crippen LogP contribution in [0.25, 0.3) is 22.9 Å². The van der Waals surface area contributed by atoms with E-state index in [9.17, 15) is 0 Å². The largest absolute Gasteiger partial charge is 0.491 e. The van der Waals surface area contributed by atoms with Crippen LogP contribution in [0.4, 0.5) is 0 Å². The van der Waals surface area contributed by atoms with Gasteiger partial charge in [0, 0.05) is 11.1 Å². The average Bonchev–Trinajstić information content (AvgIpc) is 3.65. The lowest BCUT2D eigenvalue weighted by Crippen LogP contribution is -2.03. The van der Waals surface area contributed by atoms with Crippen molar-refractivity contribution in [2.45, 2.75) is 12.2 Å². The van der Waals surface area contributed by atoms with Crippen molar-refractivity contribution in [2.75, 3.05) is 26.4 Å². The molecular formula is C20H18N2O5. The van der Waals surface area contributed by atoms with Gasteiger partial charge < -0.3 is 23.4 Å². The molecule has 0 spiro atoms. The summed E-state index contributed by atoms with van der Waals surface area (Å²) < 4.78 is 27.3. The Kier molecular flexibility index (Phi) is 4.23. The quantitative estimate of drug-likeness (QED) is 0.567. The number of hydrogen-bond donors (Lipinski definition) is 0. The first-order chi connectivity index (χ1) is 13.3. The second-order valence-electron chi connectivity index (χ2n) is 6.49. The van der Waals surface area contributed by atoms with E-state index in [2.05, 4.69) is 10.2 Å². The van der Waals surface area contributed by atoms with Crippen molar-refractivity contribution in [1.82, 2.24) is 10.2 Å². The third-order valence-electron chi connectivity index (χ3n) is 4.30. The van der Waals surface area contributed by atoms with Gasteiger partial charge in [-0.25, -0.2) is 0 Å². The van der Waals surface area contributed by atoms with Crippen molar-refractivity contribution in [3.05, 3.63) is 48.5 Å². The SMILES string of the molecule is c1cc(-c2nnc(-c3ccc(OCC4CO4)cc3)o2)ccc1OCC1CO1. The lowest BCUT2D eigenvalue weighted by atomic mass is 10.2. The van der Waals surface area contributed by atoms with Crippen LogP contribution in [0.3, 0.4) is 0 Å². The van der Waals surface area contributed by atoms with E-state index < -0.39 is 0 Å². The fourth-order valence-electron chi connectivity index (χ4n) is 2.55. The molecular weight excluding hydrogens is 348 g/mol. The average molecular weight is 366 g/mol. The van der Waals surface area contributed by atoms with Crippen molar-refractivity contribution in [3.8, 4) is 34.4 Å². The maximum atomic E-state index is 5.81. The summed E-state index contributed by atoms with van der Waals surface area (Å²) in [7, 11) is 0. The Morgan fingerprint density at radius 1 is 0.704 bits per heavy atom. The molecule has 1 aromatic heterocycles. The summed E-state index contributed by atoms with van der Waals surface area (Å²) in [5.74, 6) is 2.52. The predicted octanol–water partition coefficient (Wildman–Crippen LogP) is 2.96. The van der Waals surface area contributed by atoms with E-state index in [1.54, 1.807) is 0 Å². The number of epoxide rings is 2. The van der Waals surface area contributed by atoms with Crippen LogP contribution in [0.15, 0.2) is 52.9 Å². The highest BCUT2D eigenvalue weighted by atomic mass is 16.6. The number of aromatic nitrogens is 2. The van der Waals surface area contributed by atoms with Gasteiger partial charge in [-0.2, -0.15) is 0 Å². The first-order valence-corrected chi connectivity index (χ1v) is 8.87. The topological polar surface area (TPSA) is 82.4 Å². The Hall–Kier alpha value is -2.90. The first-order valence-electron chi connectivity index (χ1n) is 8.87. The molecule has 2 aliphatic rings. The van der Waals surface area contributed by atoms with E-state index in [0.717, 1.165) is 35.8 Å². The van der Waals surface area contributed by atoms with Gasteiger partial charge >= 0.3 is 0 Å². The Labute approximate surface area is 155 Å². The Morgan fingerprint density at radius 3 is 1.48 bits per heavy atom. The number of benzene rings is 2. The lowest BCUT2D eigenvalue weighted by molar-refractivity contribution is 0.263. The van der Waals surface area contributed by atoms with Crippen LogP contribution >= 0.6 is 0 Å². The van der Waals surface area contributed by atoms with Crippen LogP contribution < -0.4 is 9.47 Å². The normalized spacial score (nSPS) is 20.3. The van der Waals surface area contributed by atoms with Crippen LogP contribution in [0, 0.1) is 0 Å². The van der Waals surface area contributed by atoms with Crippen LogP contribution in [0.5, 0.6) is 11.5 Å². The molecule has 3 aromatic rings. The van der Waals surface area contributed by atoms with Gasteiger partial charge in [-0.05, 0) is 48.5 Å². The highest BCUT2D eigenvalue weighted by molar-refractivity contribution is 5.59. The summed E-state index contributed by atoms with van der Waals surface area (Å²) in [4.78, 5) is 0. The molecule has 0 aliphatic carbocycles. The van der Waals surface area contributed by atoms with E-state index >= 15 is 0 Å². The molecule has 2 atom stereocenters. The molecule has 0 N–H and O–H groups in total. The number of ether oxygens (including phenoxy) is 4. The molecule has 138 valence electrons. The molecule has 2 saturated heterocycles. The van der Waals surface area contributed by atoms with Crippen molar-refractivity contribution >= 4 is 0 Å². The molecule has 0 radical (unpaired) electrons. The molecule has 7 nitrogen and oxygen atoms in total. The van der Waals surface area contributed by atoms with Gasteiger partial charge in [0.1, 0.15) is 36.9 Å². The van der Waals surface area contributed by atoms with Gasteiger partial charge in [-0.3, -0.25) is 0 Å². The predicted molar refractivity (Wildman–Crippen MR) is 95.6 cm³/mol. The molecule has 2 fully saturated rings. The van der Waals surface area contributed by atoms with Gasteiger partial charge in [-0.15, -0.1) is 10.2 Å². The molecule has 0 saturated carbocycles. The number of hydrogen-bond acceptors (Lipinski definition) is 7. The highest BCUT2D eigenvalue weighted by Crippen LogP contribution is 2.27. The minimum absolute atomic E-state index is 0.238. The maximum absolute atomic E-state index is 5.81. The van der Waals surface area contributed by atoms with E-state index in [1.807, 2.05) is 48.5 Å². The third-order valence-corrected chi connectivity index (χ3v) is 4.30. The molecule has 27 heavy (non-hydrogen) atoms. The molecule has 0 amide bonds. The van der Waals surface area contributed by atoms with Crippen molar-refractivity contribution in [1.29, 1.82) is 0 Å². The van der Waals surface area contributed by atoms with Crippen molar-refractivity contribution in [3.63, 3.8) is 0 Å². The Balaban J connectivity index is 1.24. The summed E-state index contributed by atoms with van der Waals surface area (Å²) in [5, 5.41) is 8.28. The van der Waals surface area contributed by atoms with Gasteiger partial charge in [0.15, 0.2) is 0 Å². The zero-order valence-corrected chi connectivity index (χ0v) is 14.5. The smallest absolute Gasteiger partial charge is 0.248 e. The Bertz CT molecular complexity index is 825. The van der Waals surface area contributed by atoms with E-state index in [-0.39, 0.29) is 12.2 Å². The van der Waals surface area contributed by atoms with E-state index in [4.69, 9.17) is 23.4 Å². The second kappa shape index (κ2) is 7.02. The molecule has 5 rings (SSSR count). The van der Waals surface area contributed by atoms with Crippen molar-refractivity contribution < 1.29 is 23.4 Å². The van der Waals surface area contributed by atoms with E-state index in [0.29, 0.717) is 25.0 Å². The molecule has 2 unspecified atom stereocenters. The lowest BCUT2D eigenvalue weighted by Gasteiger charge is -2.04. The molecule has 7 heteroatoms. The third kappa shape index (κ3) is 4.10. The molecule has 2 aromatic carbocycles. The fourth-order valence-corrected chi connectivity index (χ4v) is 2.55. The van der Waals surface area contributed by atoms with Crippen LogP contribution in [0.1, 0.15) is 0 Å². The molecule has 0 bridgehead atoms. The highest BCUT2D eigenvalue weighted by Gasteiger charge is 2.23. The van der Waals surface area contributed by atoms with Gasteiger partial charge in [0.25, 0.3) is 0 Å². The van der Waals surface area contributed by atoms with Crippen LogP contribution in [-0.2, 0) is 9.47 Å². The summed E-state index contributed by atoms with van der Waals surface area (Å²) >= 11 is 0. The number of nitrogens with zero attached hydrogens (tertiary/aromatic N) is 2. The fraction of sp³-hybridized carbons (Fsp3) is 0.300. The minimum atomic E-state index is 0.238. The standard InChI is InChI=1S/C20H18N2O5/c1-5-15(23-9-17-11-25-17)6-2-13(1)19-21-22-20(27-19)14-3-7-16(8-4-14)24-10-18-12-26-18/h1-8,17-18H,9-12H2. The zero-order chi connectivity index (χ0) is 18.1. The van der Waals surface area contributed by atoms with Gasteiger partial charge in [-0.1, -0.05) is 0 Å². The van der Waals surface area contributed by atoms with Crippen molar-refractivity contribution in [2.24, 2.45) is 0 Å². The molecule has 2 aliphatic heterocycles. The Morgan fingerprint density at radius 2 is 1.11 bits per heavy atom. The first kappa shape index (κ1) is 16.3. The summed E-state index contributed by atoms with van der Waals surface area (Å²) in [5.41, 5.74) is 1.68. The van der Waals surface area contributed by atoms with Crippen LogP contribution in [0.2, 0.25) is 0 Å². The second-order valence-corrected chi connectivity index (χ2v) is 6.49. The minimum Gasteiger partial charge on any atom is -0.491 e. The summed E-state index contributed by atoms with van der Waals surface area (Å²) in [6.07, 6.45) is 0.476. The monoisotopic (exact) mass is 366 g/mol. The molecule has 3 heterocycles. The number of rotatable bonds is 8. The summed E-state index contributed by atoms with van der Waals surface area (Å²) in [6.45, 7) is 2.73. The maximum Gasteiger partial charge on any atom is 0.248 e. The van der Waals surface area contributed by atoms with E-state index in [1.165, 1.54) is 0 Å². The zero-order valence-electron chi connectivity index (χ0n) is 14.5.